The van der Waals surface area contributed by atoms with Crippen LogP contribution in [0, 0.1) is 6.92 Å². The topological polar surface area (TPSA) is 80.0 Å². The maximum Gasteiger partial charge on any atom is 0.153 e. The third-order valence-corrected chi connectivity index (χ3v) is 4.49. The average molecular weight is 324 g/mol. The lowest BCUT2D eigenvalue weighted by Gasteiger charge is -2.29. The van der Waals surface area contributed by atoms with Crippen LogP contribution in [-0.2, 0) is 0 Å². The van der Waals surface area contributed by atoms with Gasteiger partial charge in [0.2, 0.25) is 0 Å². The first-order valence-electron chi connectivity index (χ1n) is 8.48. The minimum atomic E-state index is 0.152. The number of hydrogen-bond acceptors (Lipinski definition) is 5. The van der Waals surface area contributed by atoms with Gasteiger partial charge < -0.3 is 16.4 Å². The quantitative estimate of drug-likeness (QED) is 0.732. The van der Waals surface area contributed by atoms with Crippen molar-refractivity contribution >= 4 is 23.6 Å². The summed E-state index contributed by atoms with van der Waals surface area (Å²) in [5.41, 5.74) is 8.80. The molecule has 0 bridgehead atoms. The molecule has 1 aliphatic carbocycles. The van der Waals surface area contributed by atoms with Crippen LogP contribution in [0.5, 0.6) is 0 Å². The molecule has 0 spiro atoms. The summed E-state index contributed by atoms with van der Waals surface area (Å²) in [7, 11) is 0. The van der Waals surface area contributed by atoms with Gasteiger partial charge in [-0.15, -0.1) is 0 Å². The highest BCUT2D eigenvalue weighted by atomic mass is 16.1. The van der Waals surface area contributed by atoms with Gasteiger partial charge in [0.15, 0.2) is 6.29 Å². The van der Waals surface area contributed by atoms with E-state index in [2.05, 4.69) is 15.6 Å². The third kappa shape index (κ3) is 3.92. The molecule has 2 aromatic rings. The lowest BCUT2D eigenvalue weighted by atomic mass is 9.91. The highest BCUT2D eigenvalue weighted by Gasteiger charge is 2.22. The summed E-state index contributed by atoms with van der Waals surface area (Å²) in [6, 6.07) is 12.0. The fourth-order valence-corrected chi connectivity index (χ4v) is 3.13. The Labute approximate surface area is 142 Å². The number of nitrogens with one attached hydrogen (secondary N) is 2. The van der Waals surface area contributed by atoms with E-state index < -0.39 is 0 Å². The highest BCUT2D eigenvalue weighted by Crippen LogP contribution is 2.24. The largest absolute Gasteiger partial charge is 0.366 e. The van der Waals surface area contributed by atoms with E-state index in [0.717, 1.165) is 36.2 Å². The number of aldehydes is 1. The van der Waals surface area contributed by atoms with Gasteiger partial charge in [-0.1, -0.05) is 25.0 Å². The van der Waals surface area contributed by atoms with Crippen molar-refractivity contribution in [2.45, 2.75) is 44.7 Å². The van der Waals surface area contributed by atoms with E-state index in [4.69, 9.17) is 5.73 Å². The fraction of sp³-hybridized carbons (Fsp3) is 0.368. The van der Waals surface area contributed by atoms with Gasteiger partial charge in [-0.05, 0) is 49.6 Å². The average Bonchev–Trinajstić information content (AvgIpc) is 2.57. The van der Waals surface area contributed by atoms with Gasteiger partial charge in [0.05, 0.1) is 5.56 Å². The number of nitrogens with zero attached hydrogens (tertiary/aromatic N) is 1. The zero-order valence-electron chi connectivity index (χ0n) is 14.0. The Kier molecular flexibility index (Phi) is 5.11. The van der Waals surface area contributed by atoms with Crippen LogP contribution in [0.1, 0.15) is 41.6 Å². The maximum absolute atomic E-state index is 11.3. The Balaban J connectivity index is 1.81. The molecule has 4 N–H and O–H groups in total. The summed E-state index contributed by atoms with van der Waals surface area (Å²) in [6.07, 6.45) is 5.29. The van der Waals surface area contributed by atoms with Crippen LogP contribution < -0.4 is 16.4 Å². The van der Waals surface area contributed by atoms with Crippen molar-refractivity contribution in [2.75, 3.05) is 10.6 Å². The molecule has 2 unspecified atom stereocenters. The van der Waals surface area contributed by atoms with Crippen molar-refractivity contribution in [2.24, 2.45) is 5.73 Å². The predicted molar refractivity (Wildman–Crippen MR) is 97.9 cm³/mol. The number of anilines is 3. The zero-order chi connectivity index (χ0) is 16.9. The van der Waals surface area contributed by atoms with Gasteiger partial charge in [0, 0.05) is 17.8 Å². The number of hydrogen-bond donors (Lipinski definition) is 3. The van der Waals surface area contributed by atoms with E-state index in [1.54, 1.807) is 6.07 Å². The molecule has 0 aliphatic heterocycles. The summed E-state index contributed by atoms with van der Waals surface area (Å²) in [5, 5.41) is 6.67. The Morgan fingerprint density at radius 2 is 2.04 bits per heavy atom. The number of carbonyl (C=O) groups is 1. The SMILES string of the molecule is Cc1cccc(Nc2nc(NC3CCCCC3N)ccc2C=O)c1. The molecule has 1 aliphatic rings. The van der Waals surface area contributed by atoms with Crippen LogP contribution in [0.4, 0.5) is 17.3 Å². The second-order valence-electron chi connectivity index (χ2n) is 6.45. The molecule has 24 heavy (non-hydrogen) atoms. The van der Waals surface area contributed by atoms with E-state index in [1.165, 1.54) is 12.8 Å². The summed E-state index contributed by atoms with van der Waals surface area (Å²) in [6.45, 7) is 2.03. The van der Waals surface area contributed by atoms with Gasteiger partial charge >= 0.3 is 0 Å². The fourth-order valence-electron chi connectivity index (χ4n) is 3.13. The van der Waals surface area contributed by atoms with Gasteiger partial charge in [-0.25, -0.2) is 4.98 Å². The van der Waals surface area contributed by atoms with Crippen molar-refractivity contribution in [3.8, 4) is 0 Å². The van der Waals surface area contributed by atoms with Crippen molar-refractivity contribution < 1.29 is 4.79 Å². The van der Waals surface area contributed by atoms with E-state index in [1.807, 2.05) is 37.3 Å². The van der Waals surface area contributed by atoms with Gasteiger partial charge in [0.1, 0.15) is 11.6 Å². The number of aryl methyl sites for hydroxylation is 1. The van der Waals surface area contributed by atoms with E-state index >= 15 is 0 Å². The molecular formula is C19H24N4O. The summed E-state index contributed by atoms with van der Waals surface area (Å²) < 4.78 is 0. The number of nitrogens with two attached hydrogens (primary N) is 1. The molecular weight excluding hydrogens is 300 g/mol. The first-order chi connectivity index (χ1) is 11.7. The molecule has 2 atom stereocenters. The Bertz CT molecular complexity index is 716. The Morgan fingerprint density at radius 3 is 2.79 bits per heavy atom. The van der Waals surface area contributed by atoms with Crippen LogP contribution in [0.3, 0.4) is 0 Å². The van der Waals surface area contributed by atoms with Gasteiger partial charge in [-0.2, -0.15) is 0 Å². The highest BCUT2D eigenvalue weighted by molar-refractivity contribution is 5.85. The van der Waals surface area contributed by atoms with Crippen LogP contribution >= 0.6 is 0 Å². The third-order valence-electron chi connectivity index (χ3n) is 4.49. The maximum atomic E-state index is 11.3. The Hall–Kier alpha value is -2.40. The molecule has 1 saturated carbocycles. The van der Waals surface area contributed by atoms with Crippen LogP contribution in [-0.4, -0.2) is 23.4 Å². The van der Waals surface area contributed by atoms with Gasteiger partial charge in [0.25, 0.3) is 0 Å². The lowest BCUT2D eigenvalue weighted by Crippen LogP contribution is -2.42. The minimum Gasteiger partial charge on any atom is -0.366 e. The van der Waals surface area contributed by atoms with Crippen molar-refractivity contribution in [3.05, 3.63) is 47.5 Å². The normalized spacial score (nSPS) is 20.4. The van der Waals surface area contributed by atoms with Gasteiger partial charge in [-0.3, -0.25) is 4.79 Å². The first kappa shape index (κ1) is 16.5. The minimum absolute atomic E-state index is 0.152. The molecule has 1 aromatic carbocycles. The van der Waals surface area contributed by atoms with E-state index in [-0.39, 0.29) is 12.1 Å². The number of pyridine rings is 1. The molecule has 0 saturated heterocycles. The lowest BCUT2D eigenvalue weighted by molar-refractivity contribution is 0.112. The monoisotopic (exact) mass is 324 g/mol. The molecule has 0 amide bonds. The summed E-state index contributed by atoms with van der Waals surface area (Å²) >= 11 is 0. The van der Waals surface area contributed by atoms with E-state index in [9.17, 15) is 4.79 Å². The zero-order valence-corrected chi connectivity index (χ0v) is 14.0. The molecule has 0 radical (unpaired) electrons. The number of aromatic nitrogens is 1. The number of benzene rings is 1. The van der Waals surface area contributed by atoms with Crippen molar-refractivity contribution in [1.82, 2.24) is 4.98 Å². The smallest absolute Gasteiger partial charge is 0.153 e. The van der Waals surface area contributed by atoms with Crippen LogP contribution in [0.15, 0.2) is 36.4 Å². The molecule has 1 aromatic heterocycles. The second-order valence-corrected chi connectivity index (χ2v) is 6.45. The summed E-state index contributed by atoms with van der Waals surface area (Å²) in [5.74, 6) is 1.31. The standard InChI is InChI=1S/C19H24N4O/c1-13-5-4-6-15(11-13)21-19-14(12-24)9-10-18(23-19)22-17-8-3-2-7-16(17)20/h4-6,9-12,16-17H,2-3,7-8,20H2,1H3,(H2,21,22,23). The molecule has 126 valence electrons. The number of rotatable bonds is 5. The molecule has 1 heterocycles. The second kappa shape index (κ2) is 7.45. The first-order valence-corrected chi connectivity index (χ1v) is 8.48. The van der Waals surface area contributed by atoms with Crippen molar-refractivity contribution in [3.63, 3.8) is 0 Å². The molecule has 3 rings (SSSR count). The van der Waals surface area contributed by atoms with Crippen LogP contribution in [0.2, 0.25) is 0 Å². The Morgan fingerprint density at radius 1 is 1.21 bits per heavy atom. The number of carbonyl (C=O) groups excluding carboxylic acids is 1. The van der Waals surface area contributed by atoms with Crippen molar-refractivity contribution in [1.29, 1.82) is 0 Å². The molecule has 1 fully saturated rings. The predicted octanol–water partition coefficient (Wildman–Crippen LogP) is 3.63. The summed E-state index contributed by atoms with van der Waals surface area (Å²) in [4.78, 5) is 15.9. The molecule has 5 heteroatoms. The van der Waals surface area contributed by atoms with E-state index in [0.29, 0.717) is 11.4 Å². The van der Waals surface area contributed by atoms with Crippen LogP contribution in [0.25, 0.3) is 0 Å². The molecule has 5 nitrogen and oxygen atoms in total.